The molecule has 0 saturated carbocycles. The van der Waals surface area contributed by atoms with E-state index >= 15 is 0 Å². The molecule has 0 saturated heterocycles. The van der Waals surface area contributed by atoms with Gasteiger partial charge in [-0.15, -0.1) is 0 Å². The van der Waals surface area contributed by atoms with Crippen LogP contribution in [0.5, 0.6) is 0 Å². The fourth-order valence-corrected chi connectivity index (χ4v) is 2.93. The average molecular weight is 360 g/mol. The molecule has 0 spiro atoms. The monoisotopic (exact) mass is 360 g/mol. The molecule has 4 rings (SSSR count). The highest BCUT2D eigenvalue weighted by Crippen LogP contribution is 2.26. The molecule has 132 valence electrons. The van der Waals surface area contributed by atoms with E-state index in [0.717, 1.165) is 11.1 Å². The zero-order valence-electron chi connectivity index (χ0n) is 13.9. The molecule has 0 aliphatic carbocycles. The van der Waals surface area contributed by atoms with Crippen molar-refractivity contribution in [2.24, 2.45) is 5.73 Å². The van der Waals surface area contributed by atoms with Gasteiger partial charge in [0.05, 0.1) is 11.1 Å². The van der Waals surface area contributed by atoms with Gasteiger partial charge in [0.2, 0.25) is 0 Å². The minimum absolute atomic E-state index is 0.223. The van der Waals surface area contributed by atoms with Gasteiger partial charge in [0.1, 0.15) is 11.5 Å². The predicted molar refractivity (Wildman–Crippen MR) is 97.7 cm³/mol. The van der Waals surface area contributed by atoms with E-state index in [1.165, 1.54) is 24.4 Å². The van der Waals surface area contributed by atoms with Crippen molar-refractivity contribution >= 4 is 22.7 Å². The molecular formula is C20H13FN4O2. The van der Waals surface area contributed by atoms with Gasteiger partial charge >= 0.3 is 0 Å². The Kier molecular flexibility index (Phi) is 3.97. The van der Waals surface area contributed by atoms with E-state index < -0.39 is 17.5 Å². The maximum absolute atomic E-state index is 14.6. The Hall–Kier alpha value is -3.87. The number of fused-ring (bicyclic) bond motifs is 1. The number of amides is 1. The lowest BCUT2D eigenvalue weighted by molar-refractivity contribution is 0.0996. The lowest BCUT2D eigenvalue weighted by Gasteiger charge is -2.05. The maximum Gasteiger partial charge on any atom is 0.251 e. The average Bonchev–Trinajstić information content (AvgIpc) is 3.11. The summed E-state index contributed by atoms with van der Waals surface area (Å²) in [6.07, 6.45) is 6.49. The van der Waals surface area contributed by atoms with Crippen molar-refractivity contribution in [1.82, 2.24) is 15.0 Å². The summed E-state index contributed by atoms with van der Waals surface area (Å²) < 4.78 is 14.6. The second kappa shape index (κ2) is 6.45. The number of ketones is 1. The van der Waals surface area contributed by atoms with E-state index in [2.05, 4.69) is 15.0 Å². The number of carbonyl (C=O) groups is 2. The number of pyridine rings is 2. The molecule has 0 radical (unpaired) electrons. The zero-order valence-corrected chi connectivity index (χ0v) is 13.9. The van der Waals surface area contributed by atoms with Crippen LogP contribution in [0.25, 0.3) is 22.2 Å². The number of rotatable bonds is 4. The summed E-state index contributed by atoms with van der Waals surface area (Å²) in [4.78, 5) is 35.6. The van der Waals surface area contributed by atoms with Crippen molar-refractivity contribution < 1.29 is 14.0 Å². The summed E-state index contributed by atoms with van der Waals surface area (Å²) in [7, 11) is 0. The molecule has 3 heterocycles. The molecule has 0 aliphatic rings. The number of hydrogen-bond acceptors (Lipinski definition) is 4. The van der Waals surface area contributed by atoms with Crippen molar-refractivity contribution in [2.45, 2.75) is 0 Å². The van der Waals surface area contributed by atoms with E-state index in [4.69, 9.17) is 5.73 Å². The first-order chi connectivity index (χ1) is 13.1. The summed E-state index contributed by atoms with van der Waals surface area (Å²) in [5.74, 6) is -2.42. The van der Waals surface area contributed by atoms with Gasteiger partial charge in [-0.3, -0.25) is 14.6 Å². The molecule has 1 aromatic carbocycles. The van der Waals surface area contributed by atoms with E-state index in [1.54, 1.807) is 30.7 Å². The molecule has 3 N–H and O–H groups in total. The van der Waals surface area contributed by atoms with Crippen LogP contribution < -0.4 is 5.73 Å². The fraction of sp³-hybridized carbons (Fsp3) is 0. The number of nitrogens with zero attached hydrogens (tertiary/aromatic N) is 2. The summed E-state index contributed by atoms with van der Waals surface area (Å²) >= 11 is 0. The number of aromatic amines is 1. The summed E-state index contributed by atoms with van der Waals surface area (Å²) in [5, 5.41) is 0.547. The predicted octanol–water partition coefficient (Wildman–Crippen LogP) is 3.09. The number of benzene rings is 1. The van der Waals surface area contributed by atoms with E-state index in [0.29, 0.717) is 11.0 Å². The Morgan fingerprint density at radius 3 is 2.56 bits per heavy atom. The third kappa shape index (κ3) is 2.85. The quantitative estimate of drug-likeness (QED) is 0.546. The first-order valence-corrected chi connectivity index (χ1v) is 8.07. The lowest BCUT2D eigenvalue weighted by atomic mass is 9.99. The summed E-state index contributed by atoms with van der Waals surface area (Å²) in [5.41, 5.74) is 6.98. The van der Waals surface area contributed by atoms with Crippen LogP contribution >= 0.6 is 0 Å². The van der Waals surface area contributed by atoms with E-state index in [-0.39, 0.29) is 16.7 Å². The van der Waals surface area contributed by atoms with Crippen molar-refractivity contribution in [2.75, 3.05) is 0 Å². The van der Waals surface area contributed by atoms with Crippen molar-refractivity contribution in [3.05, 3.63) is 83.7 Å². The van der Waals surface area contributed by atoms with Gasteiger partial charge < -0.3 is 10.7 Å². The van der Waals surface area contributed by atoms with Gasteiger partial charge in [-0.05, 0) is 24.3 Å². The van der Waals surface area contributed by atoms with Crippen LogP contribution in [-0.4, -0.2) is 26.6 Å². The van der Waals surface area contributed by atoms with Crippen LogP contribution in [0.2, 0.25) is 0 Å². The molecule has 0 bridgehead atoms. The van der Waals surface area contributed by atoms with Gasteiger partial charge in [-0.1, -0.05) is 12.1 Å². The van der Waals surface area contributed by atoms with Gasteiger partial charge in [0.15, 0.2) is 5.78 Å². The van der Waals surface area contributed by atoms with Crippen molar-refractivity contribution in [1.29, 1.82) is 0 Å². The first kappa shape index (κ1) is 16.6. The Morgan fingerprint density at radius 1 is 1.00 bits per heavy atom. The van der Waals surface area contributed by atoms with Crippen LogP contribution in [0.15, 0.2) is 61.2 Å². The highest BCUT2D eigenvalue weighted by molar-refractivity contribution is 6.17. The van der Waals surface area contributed by atoms with Gasteiger partial charge in [0, 0.05) is 46.9 Å². The molecule has 4 aromatic rings. The second-order valence-corrected chi connectivity index (χ2v) is 5.92. The lowest BCUT2D eigenvalue weighted by Crippen LogP contribution is -2.16. The number of nitrogens with one attached hydrogen (secondary N) is 1. The maximum atomic E-state index is 14.6. The summed E-state index contributed by atoms with van der Waals surface area (Å²) in [6.45, 7) is 0. The molecule has 1 amide bonds. The molecule has 0 atom stereocenters. The normalized spacial score (nSPS) is 10.9. The molecule has 0 unspecified atom stereocenters. The highest BCUT2D eigenvalue weighted by Gasteiger charge is 2.21. The Bertz CT molecular complexity index is 1190. The third-order valence-corrected chi connectivity index (χ3v) is 4.28. The Labute approximate surface area is 152 Å². The van der Waals surface area contributed by atoms with Gasteiger partial charge in [-0.2, -0.15) is 0 Å². The topological polar surface area (TPSA) is 102 Å². The van der Waals surface area contributed by atoms with Crippen LogP contribution in [0.4, 0.5) is 4.39 Å². The van der Waals surface area contributed by atoms with E-state index in [1.807, 2.05) is 6.07 Å². The van der Waals surface area contributed by atoms with Gasteiger partial charge in [0.25, 0.3) is 5.91 Å². The molecule has 27 heavy (non-hydrogen) atoms. The van der Waals surface area contributed by atoms with E-state index in [9.17, 15) is 14.0 Å². The standard InChI is InChI=1S/C20H13FN4O2/c21-17-13(4-1-5-14(17)19(22)27)18(26)16-10-25-20-15(16)7-12(9-24-20)11-3-2-6-23-8-11/h1-10H,(H2,22,27)(H,24,25). The second-order valence-electron chi connectivity index (χ2n) is 5.92. The number of halogens is 1. The van der Waals surface area contributed by atoms with Crippen molar-refractivity contribution in [3.63, 3.8) is 0 Å². The first-order valence-electron chi connectivity index (χ1n) is 8.07. The number of hydrogen-bond donors (Lipinski definition) is 2. The van der Waals surface area contributed by atoms with Crippen LogP contribution in [0.1, 0.15) is 26.3 Å². The minimum atomic E-state index is -0.930. The molecule has 7 heteroatoms. The number of carbonyl (C=O) groups excluding carboxylic acids is 2. The molecular weight excluding hydrogens is 347 g/mol. The number of primary amides is 1. The fourth-order valence-electron chi connectivity index (χ4n) is 2.93. The number of nitrogens with two attached hydrogens (primary N) is 1. The number of H-pyrrole nitrogens is 1. The molecule has 0 fully saturated rings. The largest absolute Gasteiger partial charge is 0.366 e. The van der Waals surface area contributed by atoms with Crippen LogP contribution in [0, 0.1) is 5.82 Å². The van der Waals surface area contributed by atoms with Gasteiger partial charge in [-0.25, -0.2) is 9.37 Å². The number of aromatic nitrogens is 3. The highest BCUT2D eigenvalue weighted by atomic mass is 19.1. The molecule has 3 aromatic heterocycles. The molecule has 6 nitrogen and oxygen atoms in total. The molecule has 0 aliphatic heterocycles. The minimum Gasteiger partial charge on any atom is -0.366 e. The van der Waals surface area contributed by atoms with Crippen LogP contribution in [-0.2, 0) is 0 Å². The zero-order chi connectivity index (χ0) is 19.0. The third-order valence-electron chi connectivity index (χ3n) is 4.28. The smallest absolute Gasteiger partial charge is 0.251 e. The summed E-state index contributed by atoms with van der Waals surface area (Å²) in [6, 6.07) is 9.45. The Balaban J connectivity index is 1.84. The Morgan fingerprint density at radius 2 is 1.81 bits per heavy atom. The van der Waals surface area contributed by atoms with Crippen LogP contribution in [0.3, 0.4) is 0 Å². The van der Waals surface area contributed by atoms with Crippen molar-refractivity contribution in [3.8, 4) is 11.1 Å². The SMILES string of the molecule is NC(=O)c1cccc(C(=O)c2c[nH]c3ncc(-c4cccnc4)cc23)c1F.